The molecule has 27 heavy (non-hydrogen) atoms. The van der Waals surface area contributed by atoms with Gasteiger partial charge in [0.2, 0.25) is 0 Å². The summed E-state index contributed by atoms with van der Waals surface area (Å²) in [4.78, 5) is 26.2. The van der Waals surface area contributed by atoms with Gasteiger partial charge in [-0.25, -0.2) is 9.59 Å². The fourth-order valence-corrected chi connectivity index (χ4v) is 2.74. The van der Waals surface area contributed by atoms with Gasteiger partial charge in [0.05, 0.1) is 19.8 Å². The van der Waals surface area contributed by atoms with Crippen LogP contribution in [-0.4, -0.2) is 26.2 Å². The number of anilines is 1. The van der Waals surface area contributed by atoms with E-state index in [1.807, 2.05) is 43.3 Å². The summed E-state index contributed by atoms with van der Waals surface area (Å²) in [6.45, 7) is 1.88. The molecule has 1 aliphatic rings. The van der Waals surface area contributed by atoms with Crippen LogP contribution in [0.4, 0.5) is 5.69 Å². The molecule has 1 aromatic carbocycles. The van der Waals surface area contributed by atoms with E-state index in [-0.39, 0.29) is 11.3 Å². The van der Waals surface area contributed by atoms with Crippen molar-refractivity contribution in [2.24, 2.45) is 0 Å². The second-order valence-corrected chi connectivity index (χ2v) is 5.77. The first-order chi connectivity index (χ1) is 13.0. The summed E-state index contributed by atoms with van der Waals surface area (Å²) in [6, 6.07) is 11.2. The Bertz CT molecular complexity index is 947. The van der Waals surface area contributed by atoms with Crippen molar-refractivity contribution in [1.82, 2.24) is 0 Å². The van der Waals surface area contributed by atoms with Crippen LogP contribution in [-0.2, 0) is 19.1 Å². The van der Waals surface area contributed by atoms with Crippen molar-refractivity contribution in [2.45, 2.75) is 6.92 Å². The average molecular weight is 365 g/mol. The number of carbonyl (C=O) groups is 2. The van der Waals surface area contributed by atoms with Crippen LogP contribution in [0.1, 0.15) is 5.76 Å². The molecule has 0 bridgehead atoms. The Hall–Kier alpha value is -3.54. The Labute approximate surface area is 157 Å². The molecular formula is C21H19NO5. The van der Waals surface area contributed by atoms with Crippen LogP contribution >= 0.6 is 0 Å². The molecule has 3 rings (SSSR count). The van der Waals surface area contributed by atoms with Gasteiger partial charge in [0, 0.05) is 17.5 Å². The molecule has 0 aliphatic carbocycles. The third-order valence-electron chi connectivity index (χ3n) is 4.06. The molecular weight excluding hydrogens is 346 g/mol. The van der Waals surface area contributed by atoms with E-state index in [1.54, 1.807) is 23.3 Å². The van der Waals surface area contributed by atoms with E-state index in [0.29, 0.717) is 5.69 Å². The maximum atomic E-state index is 12.4. The van der Waals surface area contributed by atoms with Gasteiger partial charge in [-0.2, -0.15) is 0 Å². The van der Waals surface area contributed by atoms with Gasteiger partial charge in [-0.05, 0) is 55.5 Å². The number of methoxy groups -OCH3 is 2. The third kappa shape index (κ3) is 3.69. The summed E-state index contributed by atoms with van der Waals surface area (Å²) >= 11 is 0. The molecule has 138 valence electrons. The molecule has 0 N–H and O–H groups in total. The molecule has 0 spiro atoms. The number of allylic oxidation sites excluding steroid dienone is 2. The standard InChI is InChI=1S/C21H19NO5/c1-14-7-12-18(27-14)15-8-10-16(11-9-15)22-13-5-4-6-17(20(23)25-2)19(22)21(24)26-3/h4-13H,1-3H3. The van der Waals surface area contributed by atoms with Crippen LogP contribution in [0.5, 0.6) is 0 Å². The first-order valence-corrected chi connectivity index (χ1v) is 8.27. The zero-order valence-corrected chi connectivity index (χ0v) is 15.3. The number of furan rings is 1. The van der Waals surface area contributed by atoms with Gasteiger partial charge in [0.25, 0.3) is 0 Å². The third-order valence-corrected chi connectivity index (χ3v) is 4.06. The molecule has 0 saturated heterocycles. The monoisotopic (exact) mass is 365 g/mol. The molecule has 2 heterocycles. The molecule has 1 aliphatic heterocycles. The maximum Gasteiger partial charge on any atom is 0.355 e. The molecule has 0 radical (unpaired) electrons. The number of rotatable bonds is 4. The van der Waals surface area contributed by atoms with Crippen molar-refractivity contribution in [1.29, 1.82) is 0 Å². The van der Waals surface area contributed by atoms with Crippen molar-refractivity contribution >= 4 is 17.6 Å². The number of carbonyl (C=O) groups excluding carboxylic acids is 2. The van der Waals surface area contributed by atoms with Crippen molar-refractivity contribution in [3.63, 3.8) is 0 Å². The molecule has 2 aromatic rings. The van der Waals surface area contributed by atoms with E-state index in [9.17, 15) is 9.59 Å². The molecule has 6 heteroatoms. The summed E-state index contributed by atoms with van der Waals surface area (Å²) < 4.78 is 15.3. The summed E-state index contributed by atoms with van der Waals surface area (Å²) in [5, 5.41) is 0. The van der Waals surface area contributed by atoms with Gasteiger partial charge in [0.15, 0.2) is 0 Å². The lowest BCUT2D eigenvalue weighted by molar-refractivity contribution is -0.139. The lowest BCUT2D eigenvalue weighted by Crippen LogP contribution is -2.26. The SMILES string of the molecule is COC(=O)C1=C(C(=O)OC)N(c2ccc(-c3ccc(C)o3)cc2)C=CC=C1. The van der Waals surface area contributed by atoms with E-state index >= 15 is 0 Å². The Morgan fingerprint density at radius 3 is 2.22 bits per heavy atom. The summed E-state index contributed by atoms with van der Waals surface area (Å²) in [5.41, 5.74) is 1.78. The molecule has 0 fully saturated rings. The number of benzene rings is 1. The fourth-order valence-electron chi connectivity index (χ4n) is 2.74. The predicted molar refractivity (Wildman–Crippen MR) is 101 cm³/mol. The Morgan fingerprint density at radius 2 is 1.63 bits per heavy atom. The highest BCUT2D eigenvalue weighted by molar-refractivity contribution is 6.05. The van der Waals surface area contributed by atoms with Gasteiger partial charge in [0.1, 0.15) is 17.2 Å². The highest BCUT2D eigenvalue weighted by Gasteiger charge is 2.27. The Kier molecular flexibility index (Phi) is 5.26. The Morgan fingerprint density at radius 1 is 0.926 bits per heavy atom. The number of esters is 2. The van der Waals surface area contributed by atoms with E-state index in [1.165, 1.54) is 20.3 Å². The largest absolute Gasteiger partial charge is 0.465 e. The molecule has 0 unspecified atom stereocenters. The van der Waals surface area contributed by atoms with Gasteiger partial charge < -0.3 is 18.8 Å². The topological polar surface area (TPSA) is 69.0 Å². The molecule has 0 saturated carbocycles. The fraction of sp³-hybridized carbons (Fsp3) is 0.143. The summed E-state index contributed by atoms with van der Waals surface area (Å²) in [5.74, 6) is 0.320. The van der Waals surface area contributed by atoms with E-state index in [0.717, 1.165) is 17.1 Å². The Balaban J connectivity index is 2.04. The van der Waals surface area contributed by atoms with Crippen LogP contribution in [0.15, 0.2) is 76.5 Å². The van der Waals surface area contributed by atoms with E-state index in [4.69, 9.17) is 13.9 Å². The number of hydrogen-bond donors (Lipinski definition) is 0. The minimum Gasteiger partial charge on any atom is -0.465 e. The maximum absolute atomic E-state index is 12.4. The number of hydrogen-bond acceptors (Lipinski definition) is 6. The predicted octanol–water partition coefficient (Wildman–Crippen LogP) is 3.75. The highest BCUT2D eigenvalue weighted by atomic mass is 16.5. The van der Waals surface area contributed by atoms with Crippen LogP contribution < -0.4 is 4.90 Å². The van der Waals surface area contributed by atoms with Gasteiger partial charge >= 0.3 is 11.9 Å². The molecule has 0 atom stereocenters. The lowest BCUT2D eigenvalue weighted by Gasteiger charge is -2.23. The molecule has 0 amide bonds. The zero-order valence-electron chi connectivity index (χ0n) is 15.3. The lowest BCUT2D eigenvalue weighted by atomic mass is 10.1. The minimum atomic E-state index is -0.641. The normalized spacial score (nSPS) is 13.5. The summed E-state index contributed by atoms with van der Waals surface area (Å²) in [6.07, 6.45) is 6.59. The van der Waals surface area contributed by atoms with Crippen LogP contribution in [0.2, 0.25) is 0 Å². The number of ether oxygens (including phenoxy) is 2. The average Bonchev–Trinajstić information content (AvgIpc) is 3.01. The minimum absolute atomic E-state index is 0.0796. The summed E-state index contributed by atoms with van der Waals surface area (Å²) in [7, 11) is 2.53. The van der Waals surface area contributed by atoms with Crippen LogP contribution in [0, 0.1) is 6.92 Å². The zero-order chi connectivity index (χ0) is 19.4. The van der Waals surface area contributed by atoms with Crippen LogP contribution in [0.25, 0.3) is 11.3 Å². The number of nitrogens with zero attached hydrogens (tertiary/aromatic N) is 1. The van der Waals surface area contributed by atoms with E-state index < -0.39 is 11.9 Å². The quantitative estimate of drug-likeness (QED) is 0.769. The highest BCUT2D eigenvalue weighted by Crippen LogP contribution is 2.29. The van der Waals surface area contributed by atoms with Crippen molar-refractivity contribution in [3.8, 4) is 11.3 Å². The molecule has 1 aromatic heterocycles. The van der Waals surface area contributed by atoms with E-state index in [2.05, 4.69) is 0 Å². The second kappa shape index (κ2) is 7.78. The first-order valence-electron chi connectivity index (χ1n) is 8.27. The van der Waals surface area contributed by atoms with Crippen molar-refractivity contribution in [3.05, 3.63) is 77.9 Å². The smallest absolute Gasteiger partial charge is 0.355 e. The van der Waals surface area contributed by atoms with Gasteiger partial charge in [-0.15, -0.1) is 0 Å². The first kappa shape index (κ1) is 18.3. The van der Waals surface area contributed by atoms with Crippen LogP contribution in [0.3, 0.4) is 0 Å². The molecule has 6 nitrogen and oxygen atoms in total. The van der Waals surface area contributed by atoms with Gasteiger partial charge in [-0.1, -0.05) is 6.08 Å². The van der Waals surface area contributed by atoms with Crippen molar-refractivity contribution < 1.29 is 23.5 Å². The van der Waals surface area contributed by atoms with Crippen molar-refractivity contribution in [2.75, 3.05) is 19.1 Å². The second-order valence-electron chi connectivity index (χ2n) is 5.77. The number of aryl methyl sites for hydroxylation is 1. The van der Waals surface area contributed by atoms with Gasteiger partial charge in [-0.3, -0.25) is 0 Å².